The fourth-order valence-corrected chi connectivity index (χ4v) is 6.77. The number of aliphatic hydroxyl groups excluding tert-OH is 1. The number of rotatable bonds is 1. The summed E-state index contributed by atoms with van der Waals surface area (Å²) in [5.74, 6) is -0.880. The van der Waals surface area contributed by atoms with E-state index in [0.717, 1.165) is 12.0 Å². The van der Waals surface area contributed by atoms with Gasteiger partial charge in [-0.3, -0.25) is 4.79 Å². The maximum Gasteiger partial charge on any atom is 0.331 e. The molecule has 6 heteroatoms. The number of hydrogen-bond acceptors (Lipinski definition) is 5. The zero-order chi connectivity index (χ0) is 19.1. The summed E-state index contributed by atoms with van der Waals surface area (Å²) in [5, 5.41) is 22.5. The van der Waals surface area contributed by atoms with Gasteiger partial charge in [0.15, 0.2) is 5.78 Å². The molecule has 2 N–H and O–H groups in total. The molecule has 0 unspecified atom stereocenters. The molecule has 26 heavy (non-hydrogen) atoms. The first-order chi connectivity index (χ1) is 12.0. The number of hydrogen-bond donors (Lipinski definition) is 2. The number of halogens is 1. The summed E-state index contributed by atoms with van der Waals surface area (Å²) >= 11 is 6.56. The normalized spacial score (nSPS) is 50.0. The molecule has 2 fully saturated rings. The summed E-state index contributed by atoms with van der Waals surface area (Å²) < 4.78 is 5.32. The Hall–Kier alpha value is -1.17. The summed E-state index contributed by atoms with van der Waals surface area (Å²) in [7, 11) is 0. The van der Waals surface area contributed by atoms with E-state index in [1.807, 2.05) is 13.0 Å². The van der Waals surface area contributed by atoms with E-state index >= 15 is 0 Å². The van der Waals surface area contributed by atoms with Crippen LogP contribution in [0.1, 0.15) is 40.0 Å². The molecule has 142 valence electrons. The number of Topliss-reactive ketones (excluding diaryl/α,β-unsaturated/α-hetero) is 1. The van der Waals surface area contributed by atoms with Gasteiger partial charge in [-0.05, 0) is 37.2 Å². The Labute approximate surface area is 158 Å². The number of esters is 1. The third-order valence-corrected chi connectivity index (χ3v) is 8.17. The Bertz CT molecular complexity index is 757. The second-order valence-electron chi connectivity index (χ2n) is 8.95. The van der Waals surface area contributed by atoms with Gasteiger partial charge in [0.25, 0.3) is 0 Å². The van der Waals surface area contributed by atoms with Crippen molar-refractivity contribution < 1.29 is 24.5 Å². The molecular weight excluding hydrogens is 356 g/mol. The van der Waals surface area contributed by atoms with E-state index in [9.17, 15) is 19.8 Å². The van der Waals surface area contributed by atoms with E-state index in [1.54, 1.807) is 0 Å². The average Bonchev–Trinajstić information content (AvgIpc) is 2.77. The lowest BCUT2D eigenvalue weighted by Crippen LogP contribution is -2.57. The van der Waals surface area contributed by atoms with E-state index in [2.05, 4.69) is 6.92 Å². The summed E-state index contributed by atoms with van der Waals surface area (Å²) in [6.07, 6.45) is 4.09. The highest BCUT2D eigenvalue weighted by Gasteiger charge is 2.68. The van der Waals surface area contributed by atoms with Crippen LogP contribution in [-0.2, 0) is 14.3 Å². The standard InChI is InChI=1S/C20H25ClO5/c1-10(22)20(25)8-15(23)17-11-6-14(21)13-7-16(24)26-9-18(13,2)12(11)4-5-19(17,20)3/h6-7,11-12,15,17,23,25H,4-5,8-9H2,1-3H3/t11-,12+,15-,17-,18-,19+,20+/m1/s1. The number of ether oxygens (including phenoxy) is 1. The number of aliphatic hydroxyl groups is 2. The summed E-state index contributed by atoms with van der Waals surface area (Å²) in [6, 6.07) is 0. The van der Waals surface area contributed by atoms with E-state index in [-0.39, 0.29) is 42.5 Å². The zero-order valence-electron chi connectivity index (χ0n) is 15.3. The van der Waals surface area contributed by atoms with Crippen molar-refractivity contribution in [1.29, 1.82) is 0 Å². The maximum atomic E-state index is 12.3. The Morgan fingerprint density at radius 3 is 2.73 bits per heavy atom. The minimum Gasteiger partial charge on any atom is -0.462 e. The van der Waals surface area contributed by atoms with Crippen LogP contribution in [0.15, 0.2) is 22.8 Å². The second-order valence-corrected chi connectivity index (χ2v) is 9.36. The van der Waals surface area contributed by atoms with Gasteiger partial charge in [-0.2, -0.15) is 0 Å². The largest absolute Gasteiger partial charge is 0.462 e. The molecular formula is C20H25ClO5. The molecule has 0 aromatic heterocycles. The van der Waals surface area contributed by atoms with Crippen molar-refractivity contribution in [3.8, 4) is 0 Å². The molecule has 0 bridgehead atoms. The number of carbonyl (C=O) groups is 2. The summed E-state index contributed by atoms with van der Waals surface area (Å²) in [5.41, 5.74) is -1.83. The van der Waals surface area contributed by atoms with E-state index in [0.29, 0.717) is 11.5 Å². The van der Waals surface area contributed by atoms with Gasteiger partial charge in [0.2, 0.25) is 0 Å². The SMILES string of the molecule is CC(=O)[C@@]1(O)C[C@@H](O)[C@H]2[C@@H]3C=C(Cl)C4=CC(=O)OC[C@]4(C)[C@H]3CC[C@@]21C. The predicted molar refractivity (Wildman–Crippen MR) is 95.2 cm³/mol. The molecule has 1 heterocycles. The van der Waals surface area contributed by atoms with E-state index in [4.69, 9.17) is 16.3 Å². The fraction of sp³-hybridized carbons (Fsp3) is 0.700. The Kier molecular flexibility index (Phi) is 3.80. The van der Waals surface area contributed by atoms with Crippen LogP contribution in [-0.4, -0.2) is 40.3 Å². The van der Waals surface area contributed by atoms with Crippen LogP contribution in [0.4, 0.5) is 0 Å². The molecule has 0 saturated heterocycles. The first-order valence-corrected chi connectivity index (χ1v) is 9.60. The third kappa shape index (κ3) is 2.05. The monoisotopic (exact) mass is 380 g/mol. The van der Waals surface area contributed by atoms with Crippen molar-refractivity contribution >= 4 is 23.4 Å². The molecule has 0 aromatic rings. The lowest BCUT2D eigenvalue weighted by Gasteiger charge is -2.57. The van der Waals surface area contributed by atoms with Crippen LogP contribution in [0.25, 0.3) is 0 Å². The van der Waals surface area contributed by atoms with Gasteiger partial charge in [-0.25, -0.2) is 4.79 Å². The molecule has 1 aliphatic heterocycles. The lowest BCUT2D eigenvalue weighted by atomic mass is 9.49. The van der Waals surface area contributed by atoms with Crippen LogP contribution in [0, 0.1) is 28.6 Å². The van der Waals surface area contributed by atoms with Gasteiger partial charge in [0.1, 0.15) is 12.2 Å². The number of fused-ring (bicyclic) bond motifs is 5. The molecule has 0 radical (unpaired) electrons. The van der Waals surface area contributed by atoms with Gasteiger partial charge < -0.3 is 14.9 Å². The van der Waals surface area contributed by atoms with Crippen molar-refractivity contribution in [3.05, 3.63) is 22.8 Å². The molecule has 5 nitrogen and oxygen atoms in total. The highest BCUT2D eigenvalue weighted by atomic mass is 35.5. The quantitative estimate of drug-likeness (QED) is 0.682. The fourth-order valence-electron chi connectivity index (χ4n) is 6.36. The molecule has 2 saturated carbocycles. The number of carbonyl (C=O) groups excluding carboxylic acids is 2. The predicted octanol–water partition coefficient (Wildman–Crippen LogP) is 2.35. The molecule has 7 atom stereocenters. The third-order valence-electron chi connectivity index (χ3n) is 7.84. The first kappa shape index (κ1) is 18.2. The van der Waals surface area contributed by atoms with Crippen LogP contribution in [0.2, 0.25) is 0 Å². The van der Waals surface area contributed by atoms with Gasteiger partial charge in [0.05, 0.1) is 6.10 Å². The van der Waals surface area contributed by atoms with Crippen molar-refractivity contribution in [3.63, 3.8) is 0 Å². The number of cyclic esters (lactones) is 1. The van der Waals surface area contributed by atoms with Gasteiger partial charge >= 0.3 is 5.97 Å². The maximum absolute atomic E-state index is 12.3. The summed E-state index contributed by atoms with van der Waals surface area (Å²) in [6.45, 7) is 5.64. The highest BCUT2D eigenvalue weighted by Crippen LogP contribution is 2.66. The van der Waals surface area contributed by atoms with Gasteiger partial charge in [-0.15, -0.1) is 0 Å². The van der Waals surface area contributed by atoms with Crippen molar-refractivity contribution in [2.45, 2.75) is 51.7 Å². The topological polar surface area (TPSA) is 83.8 Å². The van der Waals surface area contributed by atoms with Crippen molar-refractivity contribution in [2.75, 3.05) is 6.61 Å². The molecule has 0 amide bonds. The van der Waals surface area contributed by atoms with E-state index < -0.39 is 22.5 Å². The lowest BCUT2D eigenvalue weighted by molar-refractivity contribution is -0.160. The zero-order valence-corrected chi connectivity index (χ0v) is 16.0. The van der Waals surface area contributed by atoms with E-state index in [1.165, 1.54) is 13.0 Å². The van der Waals surface area contributed by atoms with Crippen LogP contribution in [0.3, 0.4) is 0 Å². The Balaban J connectivity index is 1.83. The van der Waals surface area contributed by atoms with Crippen LogP contribution < -0.4 is 0 Å². The van der Waals surface area contributed by atoms with Crippen LogP contribution >= 0.6 is 11.6 Å². The number of allylic oxidation sites excluding steroid dienone is 2. The smallest absolute Gasteiger partial charge is 0.331 e. The molecule has 3 aliphatic carbocycles. The number of ketones is 1. The molecule has 4 rings (SSSR count). The van der Waals surface area contributed by atoms with Crippen molar-refractivity contribution in [1.82, 2.24) is 0 Å². The summed E-state index contributed by atoms with van der Waals surface area (Å²) in [4.78, 5) is 24.0. The van der Waals surface area contributed by atoms with Crippen LogP contribution in [0.5, 0.6) is 0 Å². The molecule has 0 aromatic carbocycles. The molecule has 4 aliphatic rings. The van der Waals surface area contributed by atoms with Gasteiger partial charge in [0, 0.05) is 34.3 Å². The second kappa shape index (κ2) is 5.43. The minimum atomic E-state index is -1.52. The highest BCUT2D eigenvalue weighted by molar-refractivity contribution is 6.32. The minimum absolute atomic E-state index is 0.0621. The van der Waals surface area contributed by atoms with Gasteiger partial charge in [-0.1, -0.05) is 31.5 Å². The Morgan fingerprint density at radius 2 is 2.08 bits per heavy atom. The first-order valence-electron chi connectivity index (χ1n) is 9.23. The Morgan fingerprint density at radius 1 is 1.38 bits per heavy atom. The average molecular weight is 381 g/mol. The van der Waals surface area contributed by atoms with Crippen molar-refractivity contribution in [2.24, 2.45) is 28.6 Å². The molecule has 0 spiro atoms.